The number of aromatic nitrogens is 1. The summed E-state index contributed by atoms with van der Waals surface area (Å²) < 4.78 is 26.8. The van der Waals surface area contributed by atoms with E-state index >= 15 is 0 Å². The Morgan fingerprint density at radius 2 is 2.10 bits per heavy atom. The minimum absolute atomic E-state index is 0.0479. The van der Waals surface area contributed by atoms with Crippen LogP contribution in [0.3, 0.4) is 0 Å². The van der Waals surface area contributed by atoms with Crippen LogP contribution in [0.4, 0.5) is 8.78 Å². The van der Waals surface area contributed by atoms with Gasteiger partial charge in [-0.2, -0.15) is 0 Å². The van der Waals surface area contributed by atoms with Gasteiger partial charge in [0.05, 0.1) is 5.56 Å². The fourth-order valence-electron chi connectivity index (χ4n) is 1.73. The van der Waals surface area contributed by atoms with E-state index in [1.54, 1.807) is 25.4 Å². The average molecular weight is 341 g/mol. The Morgan fingerprint density at radius 1 is 1.35 bits per heavy atom. The van der Waals surface area contributed by atoms with Crippen molar-refractivity contribution >= 4 is 21.8 Å². The molecule has 2 aromatic rings. The minimum atomic E-state index is -0.671. The van der Waals surface area contributed by atoms with Crippen LogP contribution in [-0.2, 0) is 6.54 Å². The Morgan fingerprint density at radius 3 is 2.75 bits per heavy atom. The van der Waals surface area contributed by atoms with Crippen LogP contribution in [-0.4, -0.2) is 22.8 Å². The van der Waals surface area contributed by atoms with Crippen LogP contribution in [0.5, 0.6) is 0 Å². The molecule has 0 N–H and O–H groups in total. The summed E-state index contributed by atoms with van der Waals surface area (Å²) in [6, 6.07) is 6.55. The molecule has 0 saturated heterocycles. The molecule has 20 heavy (non-hydrogen) atoms. The van der Waals surface area contributed by atoms with Gasteiger partial charge < -0.3 is 4.90 Å². The smallest absolute Gasteiger partial charge is 0.256 e. The van der Waals surface area contributed by atoms with Gasteiger partial charge in [0.25, 0.3) is 5.91 Å². The third kappa shape index (κ3) is 3.19. The molecule has 0 bridgehead atoms. The van der Waals surface area contributed by atoms with E-state index in [0.717, 1.165) is 12.1 Å². The molecule has 1 heterocycles. The number of carbonyl (C=O) groups excluding carboxylic acids is 1. The molecule has 3 nitrogen and oxygen atoms in total. The van der Waals surface area contributed by atoms with Crippen LogP contribution in [0.15, 0.2) is 41.1 Å². The molecule has 0 unspecified atom stereocenters. The first-order valence-corrected chi connectivity index (χ1v) is 6.58. The Hall–Kier alpha value is -1.82. The number of amides is 1. The van der Waals surface area contributed by atoms with Crippen molar-refractivity contribution in [1.82, 2.24) is 9.88 Å². The second kappa shape index (κ2) is 6.09. The maximum Gasteiger partial charge on any atom is 0.256 e. The summed E-state index contributed by atoms with van der Waals surface area (Å²) in [5, 5.41) is 0. The lowest BCUT2D eigenvalue weighted by molar-refractivity contribution is 0.0782. The first-order valence-electron chi connectivity index (χ1n) is 5.79. The predicted octanol–water partition coefficient (Wildman–Crippen LogP) is 3.39. The van der Waals surface area contributed by atoms with E-state index in [4.69, 9.17) is 0 Å². The number of benzene rings is 1. The molecule has 1 aromatic carbocycles. The van der Waals surface area contributed by atoms with Crippen molar-refractivity contribution in [3.63, 3.8) is 0 Å². The molecule has 0 aliphatic heterocycles. The van der Waals surface area contributed by atoms with Crippen LogP contribution in [0.1, 0.15) is 15.9 Å². The quantitative estimate of drug-likeness (QED) is 0.802. The van der Waals surface area contributed by atoms with Crippen LogP contribution in [0.25, 0.3) is 0 Å². The molecule has 0 atom stereocenters. The van der Waals surface area contributed by atoms with Crippen LogP contribution >= 0.6 is 15.9 Å². The summed E-state index contributed by atoms with van der Waals surface area (Å²) in [4.78, 5) is 17.5. The van der Waals surface area contributed by atoms with E-state index in [2.05, 4.69) is 20.9 Å². The Balaban J connectivity index is 2.18. The van der Waals surface area contributed by atoms with E-state index in [1.807, 2.05) is 0 Å². The normalized spacial score (nSPS) is 10.4. The molecule has 1 aromatic heterocycles. The molecular formula is C14H11BrF2N2O. The largest absolute Gasteiger partial charge is 0.337 e. The van der Waals surface area contributed by atoms with Crippen molar-refractivity contribution in [2.45, 2.75) is 6.54 Å². The fraction of sp³-hybridized carbons (Fsp3) is 0.143. The summed E-state index contributed by atoms with van der Waals surface area (Å²) in [5.41, 5.74) is 0.639. The van der Waals surface area contributed by atoms with E-state index in [1.165, 1.54) is 11.0 Å². The number of hydrogen-bond donors (Lipinski definition) is 0. The molecule has 0 aliphatic carbocycles. The Labute approximate surface area is 123 Å². The molecule has 0 saturated carbocycles. The van der Waals surface area contributed by atoms with E-state index < -0.39 is 11.6 Å². The van der Waals surface area contributed by atoms with Crippen molar-refractivity contribution in [2.75, 3.05) is 7.05 Å². The monoisotopic (exact) mass is 340 g/mol. The van der Waals surface area contributed by atoms with Crippen molar-refractivity contribution < 1.29 is 13.6 Å². The second-order valence-corrected chi connectivity index (χ2v) is 4.99. The standard InChI is InChI=1S/C14H11BrF2N2O/c1-19(8-9-4-5-10(16)7-12(9)17)14(20)11-3-2-6-18-13(11)15/h2-7H,8H2,1H3. The molecular weight excluding hydrogens is 330 g/mol. The topological polar surface area (TPSA) is 33.2 Å². The van der Waals surface area contributed by atoms with Crippen LogP contribution < -0.4 is 0 Å². The zero-order valence-electron chi connectivity index (χ0n) is 10.6. The number of halogens is 3. The van der Waals surface area contributed by atoms with Gasteiger partial charge >= 0.3 is 0 Å². The van der Waals surface area contributed by atoms with Gasteiger partial charge in [0.15, 0.2) is 0 Å². The molecule has 1 amide bonds. The summed E-state index contributed by atoms with van der Waals surface area (Å²) in [5.74, 6) is -1.61. The highest BCUT2D eigenvalue weighted by molar-refractivity contribution is 9.10. The van der Waals surface area contributed by atoms with Gasteiger partial charge in [-0.15, -0.1) is 0 Å². The van der Waals surface area contributed by atoms with E-state index in [-0.39, 0.29) is 18.0 Å². The highest BCUT2D eigenvalue weighted by Crippen LogP contribution is 2.17. The first-order chi connectivity index (χ1) is 9.49. The molecule has 2 rings (SSSR count). The molecule has 0 aliphatic rings. The lowest BCUT2D eigenvalue weighted by Gasteiger charge is -2.18. The number of rotatable bonds is 3. The van der Waals surface area contributed by atoms with Crippen molar-refractivity contribution in [2.24, 2.45) is 0 Å². The lowest BCUT2D eigenvalue weighted by Crippen LogP contribution is -2.27. The Bertz CT molecular complexity index is 649. The lowest BCUT2D eigenvalue weighted by atomic mass is 10.2. The zero-order valence-corrected chi connectivity index (χ0v) is 12.2. The molecule has 6 heteroatoms. The van der Waals surface area contributed by atoms with Gasteiger partial charge in [-0.1, -0.05) is 6.07 Å². The van der Waals surface area contributed by atoms with Crippen molar-refractivity contribution in [3.05, 3.63) is 63.9 Å². The molecule has 0 radical (unpaired) electrons. The van der Waals surface area contributed by atoms with Gasteiger partial charge in [0.1, 0.15) is 16.2 Å². The minimum Gasteiger partial charge on any atom is -0.337 e. The number of pyridine rings is 1. The van der Waals surface area contributed by atoms with Gasteiger partial charge in [0, 0.05) is 31.4 Å². The van der Waals surface area contributed by atoms with Gasteiger partial charge in [-0.05, 0) is 34.1 Å². The maximum atomic E-state index is 13.6. The average Bonchev–Trinajstić information content (AvgIpc) is 2.41. The third-order valence-electron chi connectivity index (χ3n) is 2.76. The summed E-state index contributed by atoms with van der Waals surface area (Å²) in [6.45, 7) is 0.0479. The van der Waals surface area contributed by atoms with Gasteiger partial charge in [-0.3, -0.25) is 4.79 Å². The zero-order chi connectivity index (χ0) is 14.7. The Kier molecular flexibility index (Phi) is 4.44. The molecule has 0 fully saturated rings. The number of hydrogen-bond acceptors (Lipinski definition) is 2. The highest BCUT2D eigenvalue weighted by Gasteiger charge is 2.16. The van der Waals surface area contributed by atoms with E-state index in [9.17, 15) is 13.6 Å². The van der Waals surface area contributed by atoms with Crippen LogP contribution in [0.2, 0.25) is 0 Å². The molecule has 0 spiro atoms. The fourth-order valence-corrected chi connectivity index (χ4v) is 2.15. The van der Waals surface area contributed by atoms with E-state index in [0.29, 0.717) is 10.2 Å². The number of carbonyl (C=O) groups is 1. The summed E-state index contributed by atoms with van der Waals surface area (Å²) >= 11 is 3.19. The van der Waals surface area contributed by atoms with Gasteiger partial charge in [0.2, 0.25) is 0 Å². The third-order valence-corrected chi connectivity index (χ3v) is 3.39. The molecule has 104 valence electrons. The van der Waals surface area contributed by atoms with Crippen molar-refractivity contribution in [3.8, 4) is 0 Å². The maximum absolute atomic E-state index is 13.6. The van der Waals surface area contributed by atoms with Crippen molar-refractivity contribution in [1.29, 1.82) is 0 Å². The number of nitrogens with zero attached hydrogens (tertiary/aromatic N) is 2. The predicted molar refractivity (Wildman–Crippen MR) is 74.1 cm³/mol. The second-order valence-electron chi connectivity index (χ2n) is 4.24. The van der Waals surface area contributed by atoms with Gasteiger partial charge in [-0.25, -0.2) is 13.8 Å². The summed E-state index contributed by atoms with van der Waals surface area (Å²) in [6.07, 6.45) is 1.56. The highest BCUT2D eigenvalue weighted by atomic mass is 79.9. The first kappa shape index (κ1) is 14.6. The van der Waals surface area contributed by atoms with Crippen LogP contribution in [0, 0.1) is 11.6 Å². The SMILES string of the molecule is CN(Cc1ccc(F)cc1F)C(=O)c1cccnc1Br. The summed E-state index contributed by atoms with van der Waals surface area (Å²) in [7, 11) is 1.55.